The first-order chi connectivity index (χ1) is 14.4. The molecule has 1 saturated heterocycles. The van der Waals surface area contributed by atoms with Crippen molar-refractivity contribution in [2.24, 2.45) is 5.92 Å². The average Bonchev–Trinajstić information content (AvgIpc) is 2.73. The second-order valence-corrected chi connectivity index (χ2v) is 10.0. The topological polar surface area (TPSA) is 79.5 Å². The molecule has 2 heterocycles. The number of aromatic amines is 1. The van der Waals surface area contributed by atoms with E-state index in [1.165, 1.54) is 6.26 Å². The van der Waals surface area contributed by atoms with E-state index < -0.39 is 9.84 Å². The second-order valence-electron chi connectivity index (χ2n) is 8.00. The zero-order valence-corrected chi connectivity index (χ0v) is 17.8. The Hall–Kier alpha value is -2.64. The number of H-pyrrole nitrogens is 1. The van der Waals surface area contributed by atoms with E-state index in [-0.39, 0.29) is 5.56 Å². The van der Waals surface area contributed by atoms with Crippen molar-refractivity contribution in [1.82, 2.24) is 9.88 Å². The Labute approximate surface area is 176 Å². The number of fused-ring (bicyclic) bond motifs is 1. The Morgan fingerprint density at radius 2 is 1.80 bits per heavy atom. The maximum Gasteiger partial charge on any atom is 0.255 e. The van der Waals surface area contributed by atoms with Crippen molar-refractivity contribution in [2.75, 3.05) is 26.0 Å². The van der Waals surface area contributed by atoms with E-state index in [0.717, 1.165) is 49.2 Å². The highest BCUT2D eigenvalue weighted by molar-refractivity contribution is 7.90. The summed E-state index contributed by atoms with van der Waals surface area (Å²) in [7, 11) is -3.15. The van der Waals surface area contributed by atoms with Gasteiger partial charge in [-0.25, -0.2) is 8.42 Å². The van der Waals surface area contributed by atoms with Gasteiger partial charge in [-0.1, -0.05) is 12.1 Å². The van der Waals surface area contributed by atoms with Gasteiger partial charge >= 0.3 is 0 Å². The summed E-state index contributed by atoms with van der Waals surface area (Å²) in [5.74, 6) is 1.30. The monoisotopic (exact) mass is 426 g/mol. The highest BCUT2D eigenvalue weighted by Crippen LogP contribution is 2.23. The van der Waals surface area contributed by atoms with Gasteiger partial charge in [-0.2, -0.15) is 0 Å². The molecule has 0 atom stereocenters. The van der Waals surface area contributed by atoms with Gasteiger partial charge in [0.25, 0.3) is 5.56 Å². The molecule has 0 bridgehead atoms. The van der Waals surface area contributed by atoms with E-state index >= 15 is 0 Å². The van der Waals surface area contributed by atoms with Gasteiger partial charge < -0.3 is 9.72 Å². The van der Waals surface area contributed by atoms with Crippen LogP contribution in [0.5, 0.6) is 5.75 Å². The first-order valence-corrected chi connectivity index (χ1v) is 12.0. The summed E-state index contributed by atoms with van der Waals surface area (Å²) in [6.07, 6.45) is 5.01. The molecule has 1 aromatic heterocycles. The quantitative estimate of drug-likeness (QED) is 0.655. The minimum atomic E-state index is -3.15. The molecule has 1 N–H and O–H groups in total. The number of rotatable bonds is 6. The normalized spacial score (nSPS) is 16.0. The zero-order valence-electron chi connectivity index (χ0n) is 17.0. The van der Waals surface area contributed by atoms with Crippen LogP contribution in [0.25, 0.3) is 10.8 Å². The highest BCUT2D eigenvalue weighted by atomic mass is 32.2. The number of sulfone groups is 1. The molecule has 1 fully saturated rings. The fourth-order valence-electron chi connectivity index (χ4n) is 3.89. The number of piperidine rings is 1. The number of pyridine rings is 1. The molecule has 0 spiro atoms. The van der Waals surface area contributed by atoms with Crippen molar-refractivity contribution >= 4 is 20.6 Å². The summed E-state index contributed by atoms with van der Waals surface area (Å²) in [5, 5.41) is 1.55. The number of ether oxygens (including phenoxy) is 1. The summed E-state index contributed by atoms with van der Waals surface area (Å²) in [6.45, 7) is 3.49. The third kappa shape index (κ3) is 4.91. The van der Waals surface area contributed by atoms with Gasteiger partial charge in [-0.15, -0.1) is 0 Å². The van der Waals surface area contributed by atoms with Crippen molar-refractivity contribution in [2.45, 2.75) is 24.3 Å². The van der Waals surface area contributed by atoms with Crippen LogP contribution in [-0.2, 0) is 16.4 Å². The van der Waals surface area contributed by atoms with E-state index in [9.17, 15) is 13.2 Å². The average molecular weight is 427 g/mol. The Morgan fingerprint density at radius 3 is 2.50 bits per heavy atom. The minimum Gasteiger partial charge on any atom is -0.493 e. The molecule has 3 aromatic rings. The lowest BCUT2D eigenvalue weighted by Gasteiger charge is -2.31. The lowest BCUT2D eigenvalue weighted by Crippen LogP contribution is -2.35. The highest BCUT2D eigenvalue weighted by Gasteiger charge is 2.20. The van der Waals surface area contributed by atoms with Gasteiger partial charge in [0.1, 0.15) is 5.75 Å². The summed E-state index contributed by atoms with van der Waals surface area (Å²) in [4.78, 5) is 17.2. The van der Waals surface area contributed by atoms with Crippen LogP contribution in [0.2, 0.25) is 0 Å². The largest absolute Gasteiger partial charge is 0.493 e. The van der Waals surface area contributed by atoms with Crippen molar-refractivity contribution in [3.8, 4) is 5.75 Å². The molecule has 1 aliphatic heterocycles. The molecule has 158 valence electrons. The lowest BCUT2D eigenvalue weighted by atomic mass is 9.97. The first kappa shape index (κ1) is 20.6. The molecular formula is C23H26N2O4S. The molecule has 6 nitrogen and oxygen atoms in total. The van der Waals surface area contributed by atoms with Crippen LogP contribution in [0, 0.1) is 5.92 Å². The Bertz CT molecular complexity index is 1180. The summed E-state index contributed by atoms with van der Waals surface area (Å²) >= 11 is 0. The van der Waals surface area contributed by atoms with Crippen LogP contribution in [-0.4, -0.2) is 44.3 Å². The molecule has 7 heteroatoms. The number of likely N-dealkylation sites (tertiary alicyclic amines) is 1. The smallest absolute Gasteiger partial charge is 0.255 e. The SMILES string of the molecule is CS(=O)(=O)c1ccc(CN2CCC(COc3ccc4c(=O)[nH]ccc4c3)CC2)cc1. The van der Waals surface area contributed by atoms with Crippen molar-refractivity contribution < 1.29 is 13.2 Å². The minimum absolute atomic E-state index is 0.0858. The van der Waals surface area contributed by atoms with E-state index in [2.05, 4.69) is 9.88 Å². The van der Waals surface area contributed by atoms with Crippen molar-refractivity contribution in [3.63, 3.8) is 0 Å². The maximum absolute atomic E-state index is 11.8. The molecule has 0 radical (unpaired) electrons. The van der Waals surface area contributed by atoms with Gasteiger partial charge in [-0.3, -0.25) is 9.69 Å². The van der Waals surface area contributed by atoms with Gasteiger partial charge in [0.15, 0.2) is 9.84 Å². The van der Waals surface area contributed by atoms with Crippen LogP contribution in [0.3, 0.4) is 0 Å². The standard InChI is InChI=1S/C23H26N2O4S/c1-30(27,28)21-5-2-17(3-6-21)15-25-12-9-18(10-13-25)16-29-20-4-7-22-19(14-20)8-11-24-23(22)26/h2-8,11,14,18H,9-10,12-13,15-16H2,1H3,(H,24,26). The molecule has 0 saturated carbocycles. The van der Waals surface area contributed by atoms with Crippen molar-refractivity contribution in [1.29, 1.82) is 0 Å². The Kier molecular flexibility index (Phi) is 5.92. The van der Waals surface area contributed by atoms with Gasteiger partial charge in [0.2, 0.25) is 0 Å². The molecule has 2 aromatic carbocycles. The van der Waals surface area contributed by atoms with Gasteiger partial charge in [0.05, 0.1) is 11.5 Å². The Morgan fingerprint density at radius 1 is 1.07 bits per heavy atom. The predicted molar refractivity (Wildman–Crippen MR) is 118 cm³/mol. The van der Waals surface area contributed by atoms with Crippen molar-refractivity contribution in [3.05, 3.63) is 70.6 Å². The summed E-state index contributed by atoms with van der Waals surface area (Å²) in [6, 6.07) is 14.6. The molecule has 0 aliphatic carbocycles. The summed E-state index contributed by atoms with van der Waals surface area (Å²) < 4.78 is 29.2. The number of hydrogen-bond donors (Lipinski definition) is 1. The Balaban J connectivity index is 1.27. The van der Waals surface area contributed by atoms with E-state index in [0.29, 0.717) is 22.8 Å². The summed E-state index contributed by atoms with van der Waals surface area (Å²) in [5.41, 5.74) is 1.04. The van der Waals surface area contributed by atoms with Crippen LogP contribution in [0.4, 0.5) is 0 Å². The number of benzene rings is 2. The van der Waals surface area contributed by atoms with Crippen LogP contribution >= 0.6 is 0 Å². The molecule has 1 aliphatic rings. The predicted octanol–water partition coefficient (Wildman–Crippen LogP) is 3.22. The number of aromatic nitrogens is 1. The van der Waals surface area contributed by atoms with Crippen LogP contribution in [0.15, 0.2) is 64.4 Å². The molecule has 0 unspecified atom stereocenters. The van der Waals surface area contributed by atoms with Crippen LogP contribution in [0.1, 0.15) is 18.4 Å². The number of hydrogen-bond acceptors (Lipinski definition) is 5. The fourth-order valence-corrected chi connectivity index (χ4v) is 4.52. The van der Waals surface area contributed by atoms with E-state index in [1.54, 1.807) is 24.4 Å². The molecule has 4 rings (SSSR count). The molecule has 30 heavy (non-hydrogen) atoms. The number of nitrogens with one attached hydrogen (secondary N) is 1. The third-order valence-corrected chi connectivity index (χ3v) is 6.82. The third-order valence-electron chi connectivity index (χ3n) is 5.70. The lowest BCUT2D eigenvalue weighted by molar-refractivity contribution is 0.137. The van der Waals surface area contributed by atoms with Crippen LogP contribution < -0.4 is 10.3 Å². The number of nitrogens with zero attached hydrogens (tertiary/aromatic N) is 1. The van der Waals surface area contributed by atoms with Gasteiger partial charge in [0, 0.05) is 24.4 Å². The fraction of sp³-hybridized carbons (Fsp3) is 0.348. The molecule has 0 amide bonds. The van der Waals surface area contributed by atoms with Gasteiger partial charge in [-0.05, 0) is 79.2 Å². The first-order valence-electron chi connectivity index (χ1n) is 10.1. The van der Waals surface area contributed by atoms with E-state index in [1.807, 2.05) is 30.3 Å². The maximum atomic E-state index is 11.8. The second kappa shape index (κ2) is 8.62. The van der Waals surface area contributed by atoms with E-state index in [4.69, 9.17) is 4.74 Å². The zero-order chi connectivity index (χ0) is 21.1. The molecular weight excluding hydrogens is 400 g/mol.